The molecule has 0 saturated heterocycles. The van der Waals surface area contributed by atoms with Crippen LogP contribution in [0.3, 0.4) is 0 Å². The van der Waals surface area contributed by atoms with Crippen LogP contribution in [0.2, 0.25) is 0 Å². The van der Waals surface area contributed by atoms with Gasteiger partial charge in [0.05, 0.1) is 5.69 Å². The van der Waals surface area contributed by atoms with Crippen molar-refractivity contribution in [1.82, 2.24) is 4.57 Å². The van der Waals surface area contributed by atoms with E-state index in [-0.39, 0.29) is 11.6 Å². The van der Waals surface area contributed by atoms with Gasteiger partial charge in [0.25, 0.3) is 5.91 Å². The zero-order chi connectivity index (χ0) is 12.4. The predicted molar refractivity (Wildman–Crippen MR) is 67.5 cm³/mol. The van der Waals surface area contributed by atoms with Crippen LogP contribution in [0.15, 0.2) is 41.0 Å². The van der Waals surface area contributed by atoms with Crippen LogP contribution in [-0.4, -0.2) is 10.5 Å². The summed E-state index contributed by atoms with van der Waals surface area (Å²) in [7, 11) is 1.75. The van der Waals surface area contributed by atoms with Gasteiger partial charge in [-0.1, -0.05) is 12.1 Å². The molecule has 2 aromatic rings. The summed E-state index contributed by atoms with van der Waals surface area (Å²) in [6, 6.07) is 7.74. The molecule has 1 amide bonds. The molecule has 0 fully saturated rings. The van der Waals surface area contributed by atoms with E-state index in [9.17, 15) is 9.18 Å². The van der Waals surface area contributed by atoms with Crippen molar-refractivity contribution < 1.29 is 9.18 Å². The van der Waals surface area contributed by atoms with Crippen LogP contribution < -0.4 is 5.32 Å². The van der Waals surface area contributed by atoms with E-state index in [1.165, 1.54) is 12.1 Å². The molecule has 0 aliphatic heterocycles. The van der Waals surface area contributed by atoms with Crippen LogP contribution in [0.1, 0.15) is 10.5 Å². The van der Waals surface area contributed by atoms with Gasteiger partial charge in [-0.25, -0.2) is 4.39 Å². The Kier molecular flexibility index (Phi) is 3.28. The third-order valence-corrected chi connectivity index (χ3v) is 2.76. The van der Waals surface area contributed by atoms with Gasteiger partial charge < -0.3 is 9.88 Å². The summed E-state index contributed by atoms with van der Waals surface area (Å²) in [6.07, 6.45) is 1.76. The number of aromatic nitrogens is 1. The monoisotopic (exact) mass is 296 g/mol. The van der Waals surface area contributed by atoms with Crippen molar-refractivity contribution in [2.24, 2.45) is 7.05 Å². The van der Waals surface area contributed by atoms with Crippen LogP contribution in [-0.2, 0) is 7.05 Å². The summed E-state index contributed by atoms with van der Waals surface area (Å²) >= 11 is 3.28. The van der Waals surface area contributed by atoms with Gasteiger partial charge in [0.2, 0.25) is 0 Å². The van der Waals surface area contributed by atoms with Gasteiger partial charge in [-0.2, -0.15) is 0 Å². The Balaban J connectivity index is 2.23. The summed E-state index contributed by atoms with van der Waals surface area (Å²) < 4.78 is 15.8. The fourth-order valence-corrected chi connectivity index (χ4v) is 2.02. The van der Waals surface area contributed by atoms with E-state index in [4.69, 9.17) is 0 Å². The van der Waals surface area contributed by atoms with Gasteiger partial charge in [-0.05, 0) is 34.1 Å². The van der Waals surface area contributed by atoms with Gasteiger partial charge >= 0.3 is 0 Å². The number of hydrogen-bond donors (Lipinski definition) is 1. The maximum atomic E-state index is 13.3. The van der Waals surface area contributed by atoms with Crippen LogP contribution in [0.4, 0.5) is 10.1 Å². The van der Waals surface area contributed by atoms with Crippen molar-refractivity contribution in [1.29, 1.82) is 0 Å². The first-order valence-corrected chi connectivity index (χ1v) is 5.75. The fourth-order valence-electron chi connectivity index (χ4n) is 1.50. The summed E-state index contributed by atoms with van der Waals surface area (Å²) in [6.45, 7) is 0. The quantitative estimate of drug-likeness (QED) is 0.907. The Morgan fingerprint density at radius 2 is 2.12 bits per heavy atom. The van der Waals surface area contributed by atoms with Crippen LogP contribution in [0.5, 0.6) is 0 Å². The molecular weight excluding hydrogens is 287 g/mol. The van der Waals surface area contributed by atoms with Crippen molar-refractivity contribution in [3.8, 4) is 0 Å². The molecule has 3 nitrogen and oxygen atoms in total. The van der Waals surface area contributed by atoms with Crippen LogP contribution in [0.25, 0.3) is 0 Å². The molecule has 0 spiro atoms. The van der Waals surface area contributed by atoms with Gasteiger partial charge in [-0.15, -0.1) is 0 Å². The zero-order valence-corrected chi connectivity index (χ0v) is 10.7. The Morgan fingerprint density at radius 3 is 2.71 bits per heavy atom. The zero-order valence-electron chi connectivity index (χ0n) is 9.08. The molecule has 17 heavy (non-hydrogen) atoms. The highest BCUT2D eigenvalue weighted by Crippen LogP contribution is 2.17. The molecule has 0 aliphatic rings. The Labute approximate surface area is 106 Å². The Morgan fingerprint density at radius 1 is 1.41 bits per heavy atom. The van der Waals surface area contributed by atoms with Gasteiger partial charge in [0, 0.05) is 17.7 Å². The van der Waals surface area contributed by atoms with E-state index in [0.717, 1.165) is 4.47 Å². The van der Waals surface area contributed by atoms with E-state index < -0.39 is 5.82 Å². The third kappa shape index (κ3) is 2.55. The van der Waals surface area contributed by atoms with E-state index in [2.05, 4.69) is 21.2 Å². The molecular formula is C12H10BrFN2O. The molecule has 1 heterocycles. The summed E-state index contributed by atoms with van der Waals surface area (Å²) in [5.74, 6) is -0.794. The summed E-state index contributed by atoms with van der Waals surface area (Å²) in [5.41, 5.74) is 0.634. The number of hydrogen-bond acceptors (Lipinski definition) is 1. The number of aryl methyl sites for hydroxylation is 1. The first-order chi connectivity index (χ1) is 8.08. The lowest BCUT2D eigenvalue weighted by molar-refractivity contribution is 0.101. The molecule has 88 valence electrons. The molecule has 1 N–H and O–H groups in total. The molecule has 0 unspecified atom stereocenters. The standard InChI is InChI=1S/C12H10BrFN2O/c1-16-7-8(13)6-11(16)12(17)15-10-5-3-2-4-9(10)14/h2-7H,1H3,(H,15,17). The minimum absolute atomic E-state index is 0.176. The number of amides is 1. The minimum Gasteiger partial charge on any atom is -0.345 e. The second kappa shape index (κ2) is 4.71. The second-order valence-corrected chi connectivity index (χ2v) is 4.50. The SMILES string of the molecule is Cn1cc(Br)cc1C(=O)Nc1ccccc1F. The van der Waals surface area contributed by atoms with E-state index in [1.807, 2.05) is 0 Å². The highest BCUT2D eigenvalue weighted by atomic mass is 79.9. The number of benzene rings is 1. The minimum atomic E-state index is -0.450. The van der Waals surface area contributed by atoms with E-state index in [1.54, 1.807) is 36.0 Å². The largest absolute Gasteiger partial charge is 0.345 e. The molecule has 2 rings (SSSR count). The van der Waals surface area contributed by atoms with Crippen molar-refractivity contribution in [2.45, 2.75) is 0 Å². The highest BCUT2D eigenvalue weighted by molar-refractivity contribution is 9.10. The predicted octanol–water partition coefficient (Wildman–Crippen LogP) is 3.18. The Bertz CT molecular complexity index is 565. The maximum absolute atomic E-state index is 13.3. The van der Waals surface area contributed by atoms with Crippen molar-refractivity contribution in [3.63, 3.8) is 0 Å². The number of halogens is 2. The van der Waals surface area contributed by atoms with Crippen molar-refractivity contribution in [2.75, 3.05) is 5.32 Å². The maximum Gasteiger partial charge on any atom is 0.272 e. The Hall–Kier alpha value is -1.62. The average Bonchev–Trinajstić information content (AvgIpc) is 2.61. The smallest absolute Gasteiger partial charge is 0.272 e. The van der Waals surface area contributed by atoms with Crippen molar-refractivity contribution in [3.05, 3.63) is 52.5 Å². The number of para-hydroxylation sites is 1. The molecule has 0 atom stereocenters. The second-order valence-electron chi connectivity index (χ2n) is 3.59. The topological polar surface area (TPSA) is 34.0 Å². The fraction of sp³-hybridized carbons (Fsp3) is 0.0833. The molecule has 0 saturated carbocycles. The first kappa shape index (κ1) is 11.9. The lowest BCUT2D eigenvalue weighted by atomic mass is 10.3. The van der Waals surface area contributed by atoms with Crippen LogP contribution in [0, 0.1) is 5.82 Å². The number of carbonyl (C=O) groups excluding carboxylic acids is 1. The van der Waals surface area contributed by atoms with Gasteiger partial charge in [0.15, 0.2) is 0 Å². The van der Waals surface area contributed by atoms with Gasteiger partial charge in [-0.3, -0.25) is 4.79 Å². The lowest BCUT2D eigenvalue weighted by Crippen LogP contribution is -2.16. The molecule has 1 aromatic carbocycles. The van der Waals surface area contributed by atoms with Gasteiger partial charge in [0.1, 0.15) is 11.5 Å². The average molecular weight is 297 g/mol. The third-order valence-electron chi connectivity index (χ3n) is 2.33. The van der Waals surface area contributed by atoms with E-state index in [0.29, 0.717) is 5.69 Å². The number of nitrogens with one attached hydrogen (secondary N) is 1. The lowest BCUT2D eigenvalue weighted by Gasteiger charge is -2.06. The highest BCUT2D eigenvalue weighted by Gasteiger charge is 2.12. The number of carbonyl (C=O) groups is 1. The molecule has 0 radical (unpaired) electrons. The first-order valence-electron chi connectivity index (χ1n) is 4.95. The molecule has 0 bridgehead atoms. The molecule has 1 aromatic heterocycles. The molecule has 0 aliphatic carbocycles. The number of rotatable bonds is 2. The molecule has 5 heteroatoms. The normalized spacial score (nSPS) is 10.3. The van der Waals surface area contributed by atoms with E-state index >= 15 is 0 Å². The number of nitrogens with zero attached hydrogens (tertiary/aromatic N) is 1. The summed E-state index contributed by atoms with van der Waals surface area (Å²) in [5, 5.41) is 2.53. The summed E-state index contributed by atoms with van der Waals surface area (Å²) in [4.78, 5) is 11.9. The van der Waals surface area contributed by atoms with Crippen LogP contribution >= 0.6 is 15.9 Å². The van der Waals surface area contributed by atoms with Crippen molar-refractivity contribution >= 4 is 27.5 Å². The number of anilines is 1.